The number of carbonyl (C=O) groups excluding carboxylic acids is 2. The number of benzene rings is 2. The summed E-state index contributed by atoms with van der Waals surface area (Å²) in [5.74, 6) is -0.587. The summed E-state index contributed by atoms with van der Waals surface area (Å²) < 4.78 is 15.4. The Morgan fingerprint density at radius 1 is 1.20 bits per heavy atom. The molecule has 154 valence electrons. The summed E-state index contributed by atoms with van der Waals surface area (Å²) in [7, 11) is 0. The number of nitrogens with one attached hydrogen (secondary N) is 1. The van der Waals surface area contributed by atoms with Crippen LogP contribution in [-0.4, -0.2) is 36.2 Å². The Balaban J connectivity index is 1.57. The first kappa shape index (κ1) is 20.5. The van der Waals surface area contributed by atoms with Crippen LogP contribution in [0.1, 0.15) is 23.0 Å². The van der Waals surface area contributed by atoms with Gasteiger partial charge in [-0.3, -0.25) is 14.9 Å². The van der Waals surface area contributed by atoms with Gasteiger partial charge in [-0.2, -0.15) is 5.10 Å². The molecule has 0 spiro atoms. The fourth-order valence-corrected chi connectivity index (χ4v) is 2.47. The predicted molar refractivity (Wildman–Crippen MR) is 106 cm³/mol. The lowest BCUT2D eigenvalue weighted by atomic mass is 10.2. The molecule has 3 rings (SSSR count). The van der Waals surface area contributed by atoms with E-state index in [-0.39, 0.29) is 24.7 Å². The standard InChI is InChI=1S/C20H17N3O7/c1-2-28-19(24)12-29-16-6-3-13(4-7-16)11-21-22-20(25)18-10-14-9-15(23(26)27)5-8-17(14)30-18/h3-11H,2,12H2,1H3,(H,22,25)/b21-11+. The van der Waals surface area contributed by atoms with Gasteiger partial charge in [0.2, 0.25) is 0 Å². The summed E-state index contributed by atoms with van der Waals surface area (Å²) in [5, 5.41) is 15.1. The number of hydrogen-bond acceptors (Lipinski definition) is 8. The molecule has 0 radical (unpaired) electrons. The molecule has 0 saturated carbocycles. The first-order valence-electron chi connectivity index (χ1n) is 8.86. The van der Waals surface area contributed by atoms with Gasteiger partial charge in [-0.1, -0.05) is 0 Å². The number of nitro groups is 1. The second-order valence-corrected chi connectivity index (χ2v) is 5.95. The van der Waals surface area contributed by atoms with Crippen LogP contribution in [0.15, 0.2) is 58.0 Å². The smallest absolute Gasteiger partial charge is 0.344 e. The van der Waals surface area contributed by atoms with Gasteiger partial charge in [0.1, 0.15) is 11.3 Å². The van der Waals surface area contributed by atoms with Crippen molar-refractivity contribution >= 4 is 34.7 Å². The second-order valence-electron chi connectivity index (χ2n) is 5.95. The van der Waals surface area contributed by atoms with Crippen LogP contribution in [-0.2, 0) is 9.53 Å². The zero-order valence-corrected chi connectivity index (χ0v) is 15.9. The third-order valence-corrected chi connectivity index (χ3v) is 3.86. The number of nitrogens with zero attached hydrogens (tertiary/aromatic N) is 2. The lowest BCUT2D eigenvalue weighted by Crippen LogP contribution is -2.16. The van der Waals surface area contributed by atoms with E-state index in [2.05, 4.69) is 10.5 Å². The molecule has 10 nitrogen and oxygen atoms in total. The topological polar surface area (TPSA) is 133 Å². The average molecular weight is 411 g/mol. The highest BCUT2D eigenvalue weighted by molar-refractivity contribution is 5.97. The van der Waals surface area contributed by atoms with E-state index in [0.29, 0.717) is 22.3 Å². The maximum Gasteiger partial charge on any atom is 0.344 e. The lowest BCUT2D eigenvalue weighted by Gasteiger charge is -2.05. The van der Waals surface area contributed by atoms with Gasteiger partial charge in [0, 0.05) is 17.5 Å². The Morgan fingerprint density at radius 2 is 1.97 bits per heavy atom. The molecular formula is C20H17N3O7. The van der Waals surface area contributed by atoms with Gasteiger partial charge in [0.25, 0.3) is 5.69 Å². The van der Waals surface area contributed by atoms with Crippen molar-refractivity contribution < 1.29 is 28.4 Å². The highest BCUT2D eigenvalue weighted by Crippen LogP contribution is 2.24. The maximum absolute atomic E-state index is 12.2. The Bertz CT molecular complexity index is 1100. The number of nitro benzene ring substituents is 1. The summed E-state index contributed by atoms with van der Waals surface area (Å²) in [6, 6.07) is 12.1. The van der Waals surface area contributed by atoms with Crippen LogP contribution in [0.3, 0.4) is 0 Å². The number of amides is 1. The lowest BCUT2D eigenvalue weighted by molar-refractivity contribution is -0.384. The summed E-state index contributed by atoms with van der Waals surface area (Å²) in [5.41, 5.74) is 3.26. The van der Waals surface area contributed by atoms with Crippen molar-refractivity contribution in [2.75, 3.05) is 13.2 Å². The molecule has 10 heteroatoms. The number of rotatable bonds is 8. The number of hydrazone groups is 1. The number of furan rings is 1. The van der Waals surface area contributed by atoms with E-state index >= 15 is 0 Å². The van der Waals surface area contributed by atoms with Crippen molar-refractivity contribution in [1.82, 2.24) is 5.43 Å². The number of hydrogen-bond donors (Lipinski definition) is 1. The van der Waals surface area contributed by atoms with Crippen LogP contribution in [0, 0.1) is 10.1 Å². The molecule has 1 heterocycles. The zero-order chi connectivity index (χ0) is 21.5. The number of fused-ring (bicyclic) bond motifs is 1. The van der Waals surface area contributed by atoms with Gasteiger partial charge in [0.15, 0.2) is 12.4 Å². The van der Waals surface area contributed by atoms with Gasteiger partial charge < -0.3 is 13.9 Å². The summed E-state index contributed by atoms with van der Waals surface area (Å²) in [6.07, 6.45) is 1.42. The number of non-ortho nitro benzene ring substituents is 1. The van der Waals surface area contributed by atoms with Crippen LogP contribution < -0.4 is 10.2 Å². The Morgan fingerprint density at radius 3 is 2.67 bits per heavy atom. The molecule has 0 atom stereocenters. The van der Waals surface area contributed by atoms with Crippen LogP contribution in [0.4, 0.5) is 5.69 Å². The minimum absolute atomic E-state index is 0.0228. The van der Waals surface area contributed by atoms with E-state index in [1.165, 1.54) is 30.5 Å². The predicted octanol–water partition coefficient (Wildman–Crippen LogP) is 3.05. The minimum atomic E-state index is -0.598. The Labute approximate surface area is 170 Å². The molecule has 0 fully saturated rings. The van der Waals surface area contributed by atoms with Crippen LogP contribution in [0.2, 0.25) is 0 Å². The fraction of sp³-hybridized carbons (Fsp3) is 0.150. The van der Waals surface area contributed by atoms with Crippen molar-refractivity contribution in [3.05, 3.63) is 70.0 Å². The van der Waals surface area contributed by atoms with Crippen molar-refractivity contribution in [3.8, 4) is 5.75 Å². The molecule has 0 aliphatic rings. The molecule has 0 aliphatic heterocycles. The molecule has 0 saturated heterocycles. The van der Waals surface area contributed by atoms with E-state index in [4.69, 9.17) is 13.9 Å². The van der Waals surface area contributed by atoms with Crippen molar-refractivity contribution in [2.45, 2.75) is 6.92 Å². The minimum Gasteiger partial charge on any atom is -0.482 e. The summed E-state index contributed by atoms with van der Waals surface area (Å²) in [6.45, 7) is 1.82. The average Bonchev–Trinajstić information content (AvgIpc) is 3.17. The third kappa shape index (κ3) is 5.19. The molecule has 1 N–H and O–H groups in total. The molecule has 2 aromatic carbocycles. The maximum atomic E-state index is 12.2. The summed E-state index contributed by atoms with van der Waals surface area (Å²) in [4.78, 5) is 33.7. The Hall–Kier alpha value is -4.21. The Kier molecular flexibility index (Phi) is 6.38. The van der Waals surface area contributed by atoms with Gasteiger partial charge in [-0.25, -0.2) is 10.2 Å². The van der Waals surface area contributed by atoms with Gasteiger partial charge in [-0.05, 0) is 48.9 Å². The number of esters is 1. The summed E-state index contributed by atoms with van der Waals surface area (Å²) >= 11 is 0. The van der Waals surface area contributed by atoms with E-state index < -0.39 is 16.8 Å². The van der Waals surface area contributed by atoms with E-state index in [1.807, 2.05) is 0 Å². The van der Waals surface area contributed by atoms with Crippen LogP contribution in [0.5, 0.6) is 5.75 Å². The van der Waals surface area contributed by atoms with Crippen LogP contribution >= 0.6 is 0 Å². The van der Waals surface area contributed by atoms with Crippen LogP contribution in [0.25, 0.3) is 11.0 Å². The molecule has 0 unspecified atom stereocenters. The van der Waals surface area contributed by atoms with Gasteiger partial charge in [-0.15, -0.1) is 0 Å². The highest BCUT2D eigenvalue weighted by atomic mass is 16.6. The third-order valence-electron chi connectivity index (χ3n) is 3.86. The van der Waals surface area contributed by atoms with Gasteiger partial charge >= 0.3 is 11.9 Å². The first-order chi connectivity index (χ1) is 14.5. The molecule has 30 heavy (non-hydrogen) atoms. The van der Waals surface area contributed by atoms with Crippen molar-refractivity contribution in [2.24, 2.45) is 5.10 Å². The SMILES string of the molecule is CCOC(=O)COc1ccc(/C=N/NC(=O)c2cc3cc([N+](=O)[O-])ccc3o2)cc1. The zero-order valence-electron chi connectivity index (χ0n) is 15.9. The fourth-order valence-electron chi connectivity index (χ4n) is 2.47. The normalized spacial score (nSPS) is 10.8. The monoisotopic (exact) mass is 411 g/mol. The molecule has 0 aliphatic carbocycles. The molecule has 1 amide bonds. The number of ether oxygens (including phenoxy) is 2. The quantitative estimate of drug-likeness (QED) is 0.261. The largest absolute Gasteiger partial charge is 0.482 e. The molecule has 3 aromatic rings. The van der Waals surface area contributed by atoms with E-state index in [0.717, 1.165) is 0 Å². The van der Waals surface area contributed by atoms with E-state index in [9.17, 15) is 19.7 Å². The second kappa shape index (κ2) is 9.32. The van der Waals surface area contributed by atoms with E-state index in [1.54, 1.807) is 31.2 Å². The highest BCUT2D eigenvalue weighted by Gasteiger charge is 2.14. The van der Waals surface area contributed by atoms with Crippen molar-refractivity contribution in [1.29, 1.82) is 0 Å². The van der Waals surface area contributed by atoms with Crippen molar-refractivity contribution in [3.63, 3.8) is 0 Å². The molecular weight excluding hydrogens is 394 g/mol. The first-order valence-corrected chi connectivity index (χ1v) is 8.86. The van der Waals surface area contributed by atoms with Gasteiger partial charge in [0.05, 0.1) is 17.7 Å². The number of carbonyl (C=O) groups is 2. The molecule has 0 bridgehead atoms. The molecule has 1 aromatic heterocycles.